The molecular formula is C20H42N4O3S. The van der Waals surface area contributed by atoms with Crippen molar-refractivity contribution >= 4 is 16.1 Å². The molecule has 1 fully saturated rings. The highest BCUT2D eigenvalue weighted by molar-refractivity contribution is 7.87. The zero-order valence-electron chi connectivity index (χ0n) is 18.8. The molecule has 7 nitrogen and oxygen atoms in total. The molecule has 0 aromatic heterocycles. The van der Waals surface area contributed by atoms with Gasteiger partial charge in [0.05, 0.1) is 6.04 Å². The van der Waals surface area contributed by atoms with E-state index in [1.54, 1.807) is 23.3 Å². The summed E-state index contributed by atoms with van der Waals surface area (Å²) in [7, 11) is 0.112. The predicted octanol–water partition coefficient (Wildman–Crippen LogP) is 2.16. The van der Waals surface area contributed by atoms with Crippen LogP contribution in [-0.2, 0) is 15.0 Å². The largest absolute Gasteiger partial charge is 0.347 e. The molecule has 1 unspecified atom stereocenters. The van der Waals surface area contributed by atoms with E-state index in [0.29, 0.717) is 37.9 Å². The smallest absolute Gasteiger partial charge is 0.279 e. The normalized spacial score (nSPS) is 18.5. The van der Waals surface area contributed by atoms with Gasteiger partial charge in [0.15, 0.2) is 0 Å². The van der Waals surface area contributed by atoms with Crippen LogP contribution in [0.1, 0.15) is 59.8 Å². The van der Waals surface area contributed by atoms with E-state index in [2.05, 4.69) is 37.3 Å². The van der Waals surface area contributed by atoms with E-state index in [1.165, 1.54) is 0 Å². The van der Waals surface area contributed by atoms with Crippen molar-refractivity contribution in [2.24, 2.45) is 11.8 Å². The van der Waals surface area contributed by atoms with Crippen LogP contribution in [0.3, 0.4) is 0 Å². The first-order chi connectivity index (χ1) is 13.0. The Morgan fingerprint density at radius 2 is 1.68 bits per heavy atom. The van der Waals surface area contributed by atoms with Crippen molar-refractivity contribution in [3.8, 4) is 0 Å². The molecule has 1 atom stereocenters. The zero-order chi connectivity index (χ0) is 21.3. The average Bonchev–Trinajstić information content (AvgIpc) is 3.05. The maximum atomic E-state index is 12.8. The third kappa shape index (κ3) is 8.76. The molecule has 1 rings (SSSR count). The molecule has 0 aromatic carbocycles. The van der Waals surface area contributed by atoms with Gasteiger partial charge in [0, 0.05) is 40.3 Å². The van der Waals surface area contributed by atoms with Crippen LogP contribution in [0.5, 0.6) is 0 Å². The van der Waals surface area contributed by atoms with E-state index in [-0.39, 0.29) is 11.9 Å². The highest BCUT2D eigenvalue weighted by Crippen LogP contribution is 2.18. The van der Waals surface area contributed by atoms with Crippen molar-refractivity contribution < 1.29 is 13.2 Å². The molecule has 0 spiro atoms. The second-order valence-electron chi connectivity index (χ2n) is 8.94. The highest BCUT2D eigenvalue weighted by Gasteiger charge is 2.31. The van der Waals surface area contributed by atoms with Gasteiger partial charge in [-0.25, -0.2) is 4.72 Å². The van der Waals surface area contributed by atoms with Crippen LogP contribution in [0.2, 0.25) is 0 Å². The van der Waals surface area contributed by atoms with Crippen LogP contribution < -0.4 is 4.72 Å². The molecule has 0 aliphatic carbocycles. The minimum atomic E-state index is -3.46. The number of carbonyl (C=O) groups is 1. The molecule has 1 aliphatic heterocycles. The molecule has 1 saturated heterocycles. The first kappa shape index (κ1) is 25.3. The SMILES string of the molecule is CC(C)CCN(CCC(C)C)S(=O)(=O)NCCCN1CCCC1C(=O)N(C)C. The fraction of sp³-hybridized carbons (Fsp3) is 0.950. The second kappa shape index (κ2) is 12.1. The van der Waals surface area contributed by atoms with Gasteiger partial charge in [-0.05, 0) is 50.5 Å². The number of likely N-dealkylation sites (tertiary alicyclic amines) is 1. The molecule has 0 saturated carbocycles. The number of amides is 1. The lowest BCUT2D eigenvalue weighted by Gasteiger charge is -2.26. The molecule has 28 heavy (non-hydrogen) atoms. The molecule has 1 heterocycles. The Kier molecular flexibility index (Phi) is 10.9. The number of rotatable bonds is 13. The van der Waals surface area contributed by atoms with Crippen LogP contribution in [0.25, 0.3) is 0 Å². The van der Waals surface area contributed by atoms with Gasteiger partial charge >= 0.3 is 0 Å². The Balaban J connectivity index is 2.51. The summed E-state index contributed by atoms with van der Waals surface area (Å²) >= 11 is 0. The van der Waals surface area contributed by atoms with E-state index >= 15 is 0 Å². The summed E-state index contributed by atoms with van der Waals surface area (Å²) in [4.78, 5) is 16.1. The fourth-order valence-corrected chi connectivity index (χ4v) is 4.68. The molecule has 1 amide bonds. The molecule has 1 N–H and O–H groups in total. The minimum absolute atomic E-state index is 0.0554. The summed E-state index contributed by atoms with van der Waals surface area (Å²) in [5.41, 5.74) is 0. The number of carbonyl (C=O) groups excluding carboxylic acids is 1. The van der Waals surface area contributed by atoms with Crippen molar-refractivity contribution in [2.75, 3.05) is 46.8 Å². The standard InChI is InChI=1S/C20H42N4O3S/c1-17(2)10-15-24(16-11-18(3)4)28(26,27)21-12-8-14-23-13-7-9-19(23)20(25)22(5)6/h17-19,21H,7-16H2,1-6H3. The van der Waals surface area contributed by atoms with Gasteiger partial charge in [-0.1, -0.05) is 27.7 Å². The molecule has 0 aromatic rings. The average molecular weight is 419 g/mol. The zero-order valence-corrected chi connectivity index (χ0v) is 19.6. The lowest BCUT2D eigenvalue weighted by Crippen LogP contribution is -2.45. The Labute approximate surface area is 173 Å². The van der Waals surface area contributed by atoms with Crippen molar-refractivity contribution in [3.05, 3.63) is 0 Å². The Bertz CT molecular complexity index is 552. The quantitative estimate of drug-likeness (QED) is 0.465. The van der Waals surface area contributed by atoms with Gasteiger partial charge in [0.1, 0.15) is 0 Å². The fourth-order valence-electron chi connectivity index (χ4n) is 3.40. The molecule has 166 valence electrons. The Morgan fingerprint density at radius 1 is 1.11 bits per heavy atom. The first-order valence-corrected chi connectivity index (χ1v) is 12.2. The third-order valence-electron chi connectivity index (χ3n) is 5.25. The summed E-state index contributed by atoms with van der Waals surface area (Å²) in [5, 5.41) is 0. The Morgan fingerprint density at radius 3 is 2.18 bits per heavy atom. The summed E-state index contributed by atoms with van der Waals surface area (Å²) in [6.45, 7) is 11.6. The number of nitrogens with zero attached hydrogens (tertiary/aromatic N) is 3. The summed E-state index contributed by atoms with van der Waals surface area (Å²) < 4.78 is 29.9. The number of hydrogen-bond acceptors (Lipinski definition) is 4. The number of hydrogen-bond donors (Lipinski definition) is 1. The van der Waals surface area contributed by atoms with Crippen molar-refractivity contribution in [1.29, 1.82) is 0 Å². The van der Waals surface area contributed by atoms with Gasteiger partial charge in [0.2, 0.25) is 5.91 Å². The van der Waals surface area contributed by atoms with Crippen molar-refractivity contribution in [1.82, 2.24) is 18.8 Å². The first-order valence-electron chi connectivity index (χ1n) is 10.7. The molecule has 1 aliphatic rings. The van der Waals surface area contributed by atoms with E-state index in [4.69, 9.17) is 0 Å². The summed E-state index contributed by atoms with van der Waals surface area (Å²) in [6.07, 6.45) is 4.34. The van der Waals surface area contributed by atoms with Crippen molar-refractivity contribution in [3.63, 3.8) is 0 Å². The van der Waals surface area contributed by atoms with Gasteiger partial charge in [-0.2, -0.15) is 12.7 Å². The highest BCUT2D eigenvalue weighted by atomic mass is 32.2. The van der Waals surface area contributed by atoms with Gasteiger partial charge in [-0.15, -0.1) is 0 Å². The third-order valence-corrected chi connectivity index (χ3v) is 6.86. The topological polar surface area (TPSA) is 73.0 Å². The van der Waals surface area contributed by atoms with Crippen LogP contribution >= 0.6 is 0 Å². The van der Waals surface area contributed by atoms with Crippen LogP contribution in [0.15, 0.2) is 0 Å². The van der Waals surface area contributed by atoms with Gasteiger partial charge in [-0.3, -0.25) is 9.69 Å². The van der Waals surface area contributed by atoms with Gasteiger partial charge in [0.25, 0.3) is 10.2 Å². The van der Waals surface area contributed by atoms with E-state index in [9.17, 15) is 13.2 Å². The van der Waals surface area contributed by atoms with E-state index in [0.717, 1.165) is 38.8 Å². The van der Waals surface area contributed by atoms with E-state index < -0.39 is 10.2 Å². The lowest BCUT2D eigenvalue weighted by molar-refractivity contribution is -0.133. The molecule has 0 bridgehead atoms. The second-order valence-corrected chi connectivity index (χ2v) is 10.7. The lowest BCUT2D eigenvalue weighted by atomic mass is 10.1. The number of likely N-dealkylation sites (N-methyl/N-ethyl adjacent to an activating group) is 1. The number of nitrogens with one attached hydrogen (secondary N) is 1. The summed E-state index contributed by atoms with van der Waals surface area (Å²) in [5.74, 6) is 1.09. The maximum Gasteiger partial charge on any atom is 0.279 e. The van der Waals surface area contributed by atoms with Crippen LogP contribution in [-0.4, -0.2) is 81.3 Å². The maximum absolute atomic E-state index is 12.8. The molecular weight excluding hydrogens is 376 g/mol. The Hall–Kier alpha value is -0.700. The summed E-state index contributed by atoms with van der Waals surface area (Å²) in [6, 6.07) is -0.0554. The van der Waals surface area contributed by atoms with Crippen LogP contribution in [0.4, 0.5) is 0 Å². The molecule has 0 radical (unpaired) electrons. The van der Waals surface area contributed by atoms with Gasteiger partial charge < -0.3 is 4.90 Å². The van der Waals surface area contributed by atoms with E-state index in [1.807, 2.05) is 0 Å². The minimum Gasteiger partial charge on any atom is -0.347 e. The van der Waals surface area contributed by atoms with Crippen molar-refractivity contribution in [2.45, 2.75) is 65.8 Å². The molecule has 8 heteroatoms. The predicted molar refractivity (Wildman–Crippen MR) is 115 cm³/mol. The monoisotopic (exact) mass is 418 g/mol. The van der Waals surface area contributed by atoms with Crippen LogP contribution in [0, 0.1) is 11.8 Å².